The fourth-order valence-corrected chi connectivity index (χ4v) is 4.23. The third-order valence-electron chi connectivity index (χ3n) is 5.87. The number of carbonyl (C=O) groups excluding carboxylic acids is 2. The molecule has 0 aliphatic heterocycles. The topological polar surface area (TPSA) is 123 Å². The molecule has 1 atom stereocenters. The maximum absolute atomic E-state index is 12.8. The first-order valence-electron chi connectivity index (χ1n) is 11.0. The third kappa shape index (κ3) is 4.50. The van der Waals surface area contributed by atoms with Crippen molar-refractivity contribution in [3.8, 4) is 11.1 Å². The molecule has 1 heterocycles. The van der Waals surface area contributed by atoms with Gasteiger partial charge in [0.05, 0.1) is 0 Å². The fraction of sp³-hybridized carbons (Fsp3) is 0.280. The summed E-state index contributed by atoms with van der Waals surface area (Å²) in [5.41, 5.74) is 4.28. The van der Waals surface area contributed by atoms with Crippen LogP contribution in [0.25, 0.3) is 11.1 Å². The first kappa shape index (κ1) is 23.0. The summed E-state index contributed by atoms with van der Waals surface area (Å²) in [4.78, 5) is 36.9. The van der Waals surface area contributed by atoms with Crippen molar-refractivity contribution in [1.29, 1.82) is 0 Å². The van der Waals surface area contributed by atoms with E-state index in [-0.39, 0.29) is 29.8 Å². The molecule has 4 rings (SSSR count). The third-order valence-corrected chi connectivity index (χ3v) is 5.87. The van der Waals surface area contributed by atoms with Gasteiger partial charge in [-0.15, -0.1) is 0 Å². The van der Waals surface area contributed by atoms with Gasteiger partial charge in [0.1, 0.15) is 18.2 Å². The van der Waals surface area contributed by atoms with Crippen molar-refractivity contribution in [3.63, 3.8) is 0 Å². The molecule has 0 saturated heterocycles. The van der Waals surface area contributed by atoms with Gasteiger partial charge in [-0.3, -0.25) is 9.48 Å². The van der Waals surface area contributed by atoms with Gasteiger partial charge in [0.2, 0.25) is 5.91 Å². The van der Waals surface area contributed by atoms with Gasteiger partial charge in [-0.25, -0.2) is 9.59 Å². The fourth-order valence-electron chi connectivity index (χ4n) is 4.23. The minimum Gasteiger partial charge on any atom is -0.477 e. The molecule has 1 unspecified atom stereocenters. The van der Waals surface area contributed by atoms with Gasteiger partial charge in [-0.1, -0.05) is 62.4 Å². The number of aromatic carboxylic acids is 1. The van der Waals surface area contributed by atoms with Crippen LogP contribution in [0.5, 0.6) is 0 Å². The van der Waals surface area contributed by atoms with E-state index in [1.165, 1.54) is 10.9 Å². The van der Waals surface area contributed by atoms with Crippen molar-refractivity contribution >= 4 is 23.8 Å². The summed E-state index contributed by atoms with van der Waals surface area (Å²) in [5.74, 6) is -2.26. The molecule has 0 spiro atoms. The Labute approximate surface area is 196 Å². The van der Waals surface area contributed by atoms with Crippen LogP contribution in [-0.2, 0) is 16.6 Å². The SMILES string of the molecule is CC(C)C(NC(=O)OCC1c2ccccc2-c2ccccc21)C(=O)Nc1nn(C)cc1C(=O)O. The second kappa shape index (κ2) is 9.38. The van der Waals surface area contributed by atoms with Crippen LogP contribution in [0, 0.1) is 5.92 Å². The van der Waals surface area contributed by atoms with Gasteiger partial charge in [0.25, 0.3) is 0 Å². The minimum absolute atomic E-state index is 0.0833. The number of carbonyl (C=O) groups is 3. The van der Waals surface area contributed by atoms with Crippen LogP contribution in [0.15, 0.2) is 54.7 Å². The number of anilines is 1. The first-order chi connectivity index (χ1) is 16.3. The number of hydrogen-bond donors (Lipinski definition) is 3. The van der Waals surface area contributed by atoms with E-state index >= 15 is 0 Å². The maximum atomic E-state index is 12.8. The molecule has 0 bridgehead atoms. The second-order valence-corrected chi connectivity index (χ2v) is 8.55. The average molecular weight is 463 g/mol. The van der Waals surface area contributed by atoms with Crippen LogP contribution in [0.1, 0.15) is 41.3 Å². The predicted molar refractivity (Wildman–Crippen MR) is 126 cm³/mol. The average Bonchev–Trinajstić information content (AvgIpc) is 3.33. The molecule has 2 aromatic carbocycles. The lowest BCUT2D eigenvalue weighted by molar-refractivity contribution is -0.119. The Morgan fingerprint density at radius 3 is 2.21 bits per heavy atom. The molecule has 1 aromatic heterocycles. The van der Waals surface area contributed by atoms with Crippen molar-refractivity contribution in [2.75, 3.05) is 11.9 Å². The molecule has 3 N–H and O–H groups in total. The Kier molecular flexibility index (Phi) is 6.36. The number of hydrogen-bond acceptors (Lipinski definition) is 5. The van der Waals surface area contributed by atoms with Gasteiger partial charge in [-0.05, 0) is 28.2 Å². The Morgan fingerprint density at radius 1 is 1.06 bits per heavy atom. The van der Waals surface area contributed by atoms with E-state index in [0.717, 1.165) is 22.3 Å². The molecule has 9 nitrogen and oxygen atoms in total. The number of rotatable bonds is 7. The van der Waals surface area contributed by atoms with E-state index in [9.17, 15) is 19.5 Å². The molecule has 1 aliphatic carbocycles. The number of alkyl carbamates (subject to hydrolysis) is 1. The molecule has 3 aromatic rings. The Hall–Kier alpha value is -4.14. The van der Waals surface area contributed by atoms with Gasteiger partial charge in [-0.2, -0.15) is 5.10 Å². The van der Waals surface area contributed by atoms with Crippen molar-refractivity contribution in [1.82, 2.24) is 15.1 Å². The summed E-state index contributed by atoms with van der Waals surface area (Å²) in [7, 11) is 1.55. The summed E-state index contributed by atoms with van der Waals surface area (Å²) >= 11 is 0. The maximum Gasteiger partial charge on any atom is 0.407 e. The Morgan fingerprint density at radius 2 is 1.65 bits per heavy atom. The lowest BCUT2D eigenvalue weighted by atomic mass is 9.98. The predicted octanol–water partition coefficient (Wildman–Crippen LogP) is 3.62. The Balaban J connectivity index is 1.43. The number of ether oxygens (including phenoxy) is 1. The molecule has 0 radical (unpaired) electrons. The molecule has 34 heavy (non-hydrogen) atoms. The monoisotopic (exact) mass is 462 g/mol. The number of aryl methyl sites for hydroxylation is 1. The summed E-state index contributed by atoms with van der Waals surface area (Å²) in [6.07, 6.45) is 0.566. The van der Waals surface area contributed by atoms with Crippen LogP contribution < -0.4 is 10.6 Å². The van der Waals surface area contributed by atoms with E-state index < -0.39 is 24.0 Å². The summed E-state index contributed by atoms with van der Waals surface area (Å²) in [5, 5.41) is 18.4. The highest BCUT2D eigenvalue weighted by atomic mass is 16.5. The van der Waals surface area contributed by atoms with Crippen LogP contribution in [0.3, 0.4) is 0 Å². The molecule has 0 fully saturated rings. The number of carboxylic acids is 1. The lowest BCUT2D eigenvalue weighted by Gasteiger charge is -2.22. The van der Waals surface area contributed by atoms with Crippen molar-refractivity contribution in [2.45, 2.75) is 25.8 Å². The van der Waals surface area contributed by atoms with Gasteiger partial charge in [0, 0.05) is 19.2 Å². The van der Waals surface area contributed by atoms with E-state index in [1.54, 1.807) is 20.9 Å². The highest BCUT2D eigenvalue weighted by Crippen LogP contribution is 2.44. The normalized spacial score (nSPS) is 13.2. The zero-order chi connectivity index (χ0) is 24.4. The molecule has 0 saturated carbocycles. The molecule has 176 valence electrons. The summed E-state index contributed by atoms with van der Waals surface area (Å²) < 4.78 is 6.84. The molecule has 2 amide bonds. The van der Waals surface area contributed by atoms with Gasteiger partial charge < -0.3 is 20.5 Å². The summed E-state index contributed by atoms with van der Waals surface area (Å²) in [6, 6.07) is 15.1. The number of aromatic nitrogens is 2. The lowest BCUT2D eigenvalue weighted by Crippen LogP contribution is -2.47. The minimum atomic E-state index is -1.21. The second-order valence-electron chi connectivity index (χ2n) is 8.55. The number of benzene rings is 2. The quantitative estimate of drug-likeness (QED) is 0.493. The van der Waals surface area contributed by atoms with E-state index in [4.69, 9.17) is 4.74 Å². The van der Waals surface area contributed by atoms with Crippen LogP contribution in [-0.4, -0.2) is 45.5 Å². The largest absolute Gasteiger partial charge is 0.477 e. The number of nitrogens with one attached hydrogen (secondary N) is 2. The number of amides is 2. The smallest absolute Gasteiger partial charge is 0.407 e. The standard InChI is InChI=1S/C25H26N4O5/c1-14(2)21(23(30)27-22-19(24(31)32)12-29(3)28-22)26-25(33)34-13-20-17-10-6-4-8-15(17)16-9-5-7-11-18(16)20/h4-12,14,20-21H,13H2,1-3H3,(H,26,33)(H,31,32)(H,27,28,30). The van der Waals surface area contributed by atoms with Crippen LogP contribution >= 0.6 is 0 Å². The van der Waals surface area contributed by atoms with Crippen molar-refractivity contribution in [2.24, 2.45) is 13.0 Å². The molecule has 1 aliphatic rings. The first-order valence-corrected chi connectivity index (χ1v) is 11.0. The van der Waals surface area contributed by atoms with Gasteiger partial charge in [0.15, 0.2) is 5.82 Å². The summed E-state index contributed by atoms with van der Waals surface area (Å²) in [6.45, 7) is 3.66. The highest BCUT2D eigenvalue weighted by Gasteiger charge is 2.31. The van der Waals surface area contributed by atoms with Crippen LogP contribution in [0.4, 0.5) is 10.6 Å². The molecular formula is C25H26N4O5. The Bertz CT molecular complexity index is 1200. The number of fused-ring (bicyclic) bond motifs is 3. The zero-order valence-corrected chi connectivity index (χ0v) is 19.1. The highest BCUT2D eigenvalue weighted by molar-refractivity contribution is 6.01. The van der Waals surface area contributed by atoms with Gasteiger partial charge >= 0.3 is 12.1 Å². The van der Waals surface area contributed by atoms with Crippen LogP contribution in [0.2, 0.25) is 0 Å². The van der Waals surface area contributed by atoms with Crippen molar-refractivity contribution in [3.05, 3.63) is 71.4 Å². The van der Waals surface area contributed by atoms with E-state index in [1.807, 2.05) is 36.4 Å². The number of nitrogens with zero attached hydrogens (tertiary/aromatic N) is 2. The van der Waals surface area contributed by atoms with Crippen molar-refractivity contribution < 1.29 is 24.2 Å². The molecule has 9 heteroatoms. The molecular weight excluding hydrogens is 436 g/mol. The van der Waals surface area contributed by atoms with E-state index in [0.29, 0.717) is 0 Å². The number of carboxylic acid groups (broad SMARTS) is 1. The van der Waals surface area contributed by atoms with E-state index in [2.05, 4.69) is 27.9 Å². The zero-order valence-electron chi connectivity index (χ0n) is 19.1.